The van der Waals surface area contributed by atoms with Crippen LogP contribution in [0.1, 0.15) is 304 Å². The fourth-order valence-electron chi connectivity index (χ4n) is 27.7. The van der Waals surface area contributed by atoms with Crippen LogP contribution in [0, 0.1) is 105 Å². The van der Waals surface area contributed by atoms with Gasteiger partial charge in [-0.15, -0.1) is 11.8 Å². The molecule has 13 nitrogen and oxygen atoms in total. The Kier molecular flexibility index (Phi) is 27.1. The molecule has 6 aromatic rings. The number of anilines is 3. The number of nitrogens with zero attached hydrogens (tertiary/aromatic N) is 3. The van der Waals surface area contributed by atoms with E-state index in [9.17, 15) is 52.5 Å². The topological polar surface area (TPSA) is 187 Å². The van der Waals surface area contributed by atoms with Gasteiger partial charge in [0.15, 0.2) is 17.3 Å². The SMILES string of the molecule is CC#C[C@]1(O)CC[C@H]2[C@@H]3CCC4=CC(=O)CCC4=C3[C@@H](c3ccc(N(C)C)cc3)C[C@@]21C.CC#C[C@]1(O)CC[C@H]2[C@@H]3CCC4=CC(=O)CCC4=C3[C@@H](c3ccc(N(C)C)cc3)C[C@@]21C.CC(C)N(C)c1ccc([C@H]2C[C@@]3(C)[C@@H](CC[C@@]3(O)C#CC(C)(C)C)[C@@H]3CCC4=CC(=O)CC[C@@H]4[C@H]32)cc1.O=c1[nH]c(C2CCC(c3ccccc3)CC2)c(Cc2cccc(C(F)(F)F)c2)c(=O)[nH]1. The van der Waals surface area contributed by atoms with Crippen molar-refractivity contribution in [2.24, 2.45) is 69.0 Å². The Morgan fingerprint density at radius 1 is 0.470 bits per heavy atom. The highest BCUT2D eigenvalue weighted by Crippen LogP contribution is 2.71. The summed E-state index contributed by atoms with van der Waals surface area (Å²) in [5, 5.41) is 35.6. The van der Waals surface area contributed by atoms with Crippen molar-refractivity contribution in [2.75, 3.05) is 49.9 Å². The minimum atomic E-state index is -4.45. The molecule has 5 N–H and O–H groups in total. The van der Waals surface area contributed by atoms with Crippen LogP contribution >= 0.6 is 0 Å². The maximum Gasteiger partial charge on any atom is 0.416 e. The highest BCUT2D eigenvalue weighted by atomic mass is 19.4. The molecular weight excluding hydrogens is 1650 g/mol. The predicted octanol–water partition coefficient (Wildman–Crippen LogP) is 23.1. The standard InChI is InChI=1S/C34H47NO2.2C29H35NO2.C24H23F3N2O2/c1-22(2)35(7)25-11-8-23(9-12-25)29-21-33(6)30(16-17-34(33,37)19-18-32(3,4)5)28-14-10-24-20-26(36)13-15-27(24)31(28)29;2*1-5-15-29(32)16-14-26-24-12-8-20-17-22(31)11-13-23(20)27(24)25(18-28(26,29)2)19-6-9-21(10-7-19)30(3)4;25-24(26,27)19-8-4-5-15(13-19)14-20-21(28-23(31)29-22(20)30)18-11-9-17(10-12-18)16-6-2-1-3-7-16/h8-9,11-12,20,22,27-31,37H,10,13-17,21H2,1-7H3;2*6-7,9-10,17,24-26,32H,8,11-14,16,18H2,1-4H3;1-8,13,17-18H,9-12,14H2,(H2,28,29,30,31)/t27-,28-,29+,30-,31+,33-,34+;2*24-,25+,26-,28-,29-;/m000./s1. The van der Waals surface area contributed by atoms with Gasteiger partial charge in [0.25, 0.3) is 5.56 Å². The Morgan fingerprint density at radius 2 is 0.947 bits per heavy atom. The highest BCUT2D eigenvalue weighted by molar-refractivity contribution is 5.94. The Labute approximate surface area is 782 Å². The Morgan fingerprint density at radius 3 is 1.45 bits per heavy atom. The summed E-state index contributed by atoms with van der Waals surface area (Å²) in [6.07, 6.45) is 24.1. The van der Waals surface area contributed by atoms with Crippen LogP contribution in [0.3, 0.4) is 0 Å². The van der Waals surface area contributed by atoms with Crippen LogP contribution in [-0.4, -0.2) is 101 Å². The molecule has 19 rings (SSSR count). The molecule has 0 saturated heterocycles. The summed E-state index contributed by atoms with van der Waals surface area (Å²) in [5.74, 6) is 25.6. The van der Waals surface area contributed by atoms with E-state index in [0.29, 0.717) is 107 Å². The molecule has 1 heterocycles. The highest BCUT2D eigenvalue weighted by Gasteiger charge is 2.67. The number of aromatic nitrogens is 2. The van der Waals surface area contributed by atoms with Crippen LogP contribution in [0.15, 0.2) is 194 Å². The van der Waals surface area contributed by atoms with Crippen LogP contribution < -0.4 is 25.9 Å². The van der Waals surface area contributed by atoms with E-state index in [2.05, 4.69) is 236 Å². The number of H-pyrrole nitrogens is 2. The molecular formula is C116H140F3N5O8. The van der Waals surface area contributed by atoms with Gasteiger partial charge in [0.05, 0.1) is 5.56 Å². The molecule has 5 aromatic carbocycles. The molecule has 0 aliphatic heterocycles. The Bertz CT molecular complexity index is 5680. The minimum absolute atomic E-state index is 0.00392. The summed E-state index contributed by atoms with van der Waals surface area (Å²) in [5.41, 5.74) is 14.9. The molecule has 0 spiro atoms. The number of carbonyl (C=O) groups excluding carboxylic acids is 3. The molecule has 132 heavy (non-hydrogen) atoms. The number of aliphatic hydroxyl groups is 3. The predicted molar refractivity (Wildman–Crippen MR) is 524 cm³/mol. The lowest BCUT2D eigenvalue weighted by Crippen LogP contribution is -2.54. The molecule has 17 atom stereocenters. The van der Waals surface area contributed by atoms with E-state index in [-0.39, 0.29) is 57.4 Å². The summed E-state index contributed by atoms with van der Waals surface area (Å²) >= 11 is 0. The molecule has 8 fully saturated rings. The van der Waals surface area contributed by atoms with E-state index in [1.54, 1.807) is 17.2 Å². The number of benzene rings is 5. The minimum Gasteiger partial charge on any atom is -0.378 e. The van der Waals surface area contributed by atoms with Crippen LogP contribution in [0.4, 0.5) is 30.2 Å². The van der Waals surface area contributed by atoms with Gasteiger partial charge in [0.1, 0.15) is 16.8 Å². The van der Waals surface area contributed by atoms with E-state index in [0.717, 1.165) is 153 Å². The zero-order valence-electron chi connectivity index (χ0n) is 80.7. The fourth-order valence-corrected chi connectivity index (χ4v) is 27.7. The number of hydrogen-bond acceptors (Lipinski definition) is 11. The number of aromatic amines is 2. The molecule has 13 aliphatic rings. The number of alkyl halides is 3. The average molecular weight is 1790 g/mol. The number of rotatable bonds is 11. The van der Waals surface area contributed by atoms with Crippen LogP contribution in [0.5, 0.6) is 0 Å². The Balaban J connectivity index is 0.000000129. The number of hydrogen-bond donors (Lipinski definition) is 5. The zero-order chi connectivity index (χ0) is 94.1. The normalized spacial score (nSPS) is 32.3. The summed E-state index contributed by atoms with van der Waals surface area (Å²) in [6, 6.07) is 42.9. The Hall–Kier alpha value is -9.76. The second kappa shape index (κ2) is 37.5. The van der Waals surface area contributed by atoms with Crippen molar-refractivity contribution in [3.8, 4) is 35.5 Å². The molecule has 0 radical (unpaired) electrons. The van der Waals surface area contributed by atoms with Gasteiger partial charge in [0, 0.05) is 129 Å². The number of fused-ring (bicyclic) bond motifs is 13. The first-order valence-electron chi connectivity index (χ1n) is 49.4. The van der Waals surface area contributed by atoms with Gasteiger partial charge in [-0.05, 0) is 366 Å². The summed E-state index contributed by atoms with van der Waals surface area (Å²) in [7, 11) is 10.4. The van der Waals surface area contributed by atoms with Crippen molar-refractivity contribution in [3.63, 3.8) is 0 Å². The first kappa shape index (κ1) is 95.4. The number of carbonyl (C=O) groups is 3. The van der Waals surface area contributed by atoms with E-state index < -0.39 is 39.8 Å². The largest absolute Gasteiger partial charge is 0.416 e. The van der Waals surface area contributed by atoms with E-state index in [1.165, 1.54) is 73.2 Å². The molecule has 8 saturated carbocycles. The first-order valence-corrected chi connectivity index (χ1v) is 49.4. The summed E-state index contributed by atoms with van der Waals surface area (Å²) in [6.45, 7) is 21.5. The number of nitrogens with one attached hydrogen (secondary N) is 2. The molecule has 16 heteroatoms. The molecule has 1 aromatic heterocycles. The van der Waals surface area contributed by atoms with Crippen molar-refractivity contribution < 1.29 is 42.9 Å². The molecule has 0 unspecified atom stereocenters. The summed E-state index contributed by atoms with van der Waals surface area (Å²) < 4.78 is 39.2. The monoisotopic (exact) mass is 1790 g/mol. The van der Waals surface area contributed by atoms with Crippen LogP contribution in [0.2, 0.25) is 0 Å². The van der Waals surface area contributed by atoms with Crippen molar-refractivity contribution in [1.82, 2.24) is 9.97 Å². The molecule has 0 bridgehead atoms. The van der Waals surface area contributed by atoms with Crippen molar-refractivity contribution in [2.45, 2.75) is 295 Å². The number of halogens is 3. The van der Waals surface area contributed by atoms with Crippen LogP contribution in [0.25, 0.3) is 0 Å². The summed E-state index contributed by atoms with van der Waals surface area (Å²) in [4.78, 5) is 72.8. The fraction of sp³-hybridized carbons (Fsp3) is 0.543. The third-order valence-electron chi connectivity index (χ3n) is 34.8. The zero-order valence-corrected chi connectivity index (χ0v) is 80.7. The average Bonchev–Trinajstić information content (AvgIpc) is 1.57. The van der Waals surface area contributed by atoms with E-state index in [1.807, 2.05) is 50.3 Å². The second-order valence-corrected chi connectivity index (χ2v) is 43.8. The first-order chi connectivity index (χ1) is 62.7. The lowest BCUT2D eigenvalue weighted by atomic mass is 9.46. The van der Waals surface area contributed by atoms with Gasteiger partial charge in [-0.2, -0.15) is 13.2 Å². The van der Waals surface area contributed by atoms with Crippen LogP contribution in [-0.2, 0) is 27.0 Å². The van der Waals surface area contributed by atoms with Gasteiger partial charge in [0.2, 0.25) is 0 Å². The second-order valence-electron chi connectivity index (χ2n) is 43.8. The van der Waals surface area contributed by atoms with E-state index >= 15 is 0 Å². The molecule has 13 aliphatic carbocycles. The van der Waals surface area contributed by atoms with Gasteiger partial charge < -0.3 is 35.0 Å². The van der Waals surface area contributed by atoms with Gasteiger partial charge in [-0.25, -0.2) is 4.79 Å². The third kappa shape index (κ3) is 18.3. The van der Waals surface area contributed by atoms with E-state index in [4.69, 9.17) is 0 Å². The molecule has 0 amide bonds. The van der Waals surface area contributed by atoms with Gasteiger partial charge >= 0.3 is 11.9 Å². The number of allylic oxidation sites excluding steroid dienone is 9. The quantitative estimate of drug-likeness (QED) is 0.0777. The van der Waals surface area contributed by atoms with Crippen molar-refractivity contribution in [3.05, 3.63) is 250 Å². The lowest BCUT2D eigenvalue weighted by molar-refractivity contribution is -0.137. The van der Waals surface area contributed by atoms with Gasteiger partial charge in [-0.1, -0.05) is 146 Å². The number of ketones is 3. The van der Waals surface area contributed by atoms with Gasteiger partial charge in [-0.3, -0.25) is 24.2 Å². The smallest absolute Gasteiger partial charge is 0.378 e. The van der Waals surface area contributed by atoms with Crippen molar-refractivity contribution in [1.29, 1.82) is 0 Å². The van der Waals surface area contributed by atoms with Crippen molar-refractivity contribution >= 4 is 34.4 Å². The third-order valence-corrected chi connectivity index (χ3v) is 34.8. The lowest BCUT2D eigenvalue weighted by Gasteiger charge is -2.58. The maximum absolute atomic E-state index is 13.1. The maximum atomic E-state index is 13.1. The molecule has 698 valence electrons.